The Labute approximate surface area is 114 Å². The highest BCUT2D eigenvalue weighted by atomic mass is 32.2. The van der Waals surface area contributed by atoms with Crippen LogP contribution < -0.4 is 5.73 Å². The topological polar surface area (TPSA) is 71.5 Å². The average Bonchev–Trinajstić information content (AvgIpc) is 2.79. The number of hydrogen-bond acceptors (Lipinski definition) is 5. The molecule has 1 heterocycles. The second-order valence-corrected chi connectivity index (χ2v) is 6.47. The molecule has 1 unspecified atom stereocenters. The minimum absolute atomic E-state index is 0.274. The normalized spacial score (nSPS) is 13.9. The van der Waals surface area contributed by atoms with Gasteiger partial charge in [0.2, 0.25) is 0 Å². The van der Waals surface area contributed by atoms with Crippen LogP contribution in [-0.2, 0) is 0 Å². The molecule has 0 spiro atoms. The first-order valence-corrected chi connectivity index (χ1v) is 7.41. The molecule has 18 heavy (non-hydrogen) atoms. The van der Waals surface area contributed by atoms with E-state index in [-0.39, 0.29) is 5.84 Å². The Morgan fingerprint density at radius 1 is 1.56 bits per heavy atom. The molecule has 0 saturated carbocycles. The van der Waals surface area contributed by atoms with Crippen LogP contribution in [0.5, 0.6) is 0 Å². The summed E-state index contributed by atoms with van der Waals surface area (Å²) in [6.07, 6.45) is 1.53. The Morgan fingerprint density at radius 3 is 3.00 bits per heavy atom. The number of hydrogen-bond donors (Lipinski definition) is 2. The van der Waals surface area contributed by atoms with Gasteiger partial charge in [0, 0.05) is 11.7 Å². The van der Waals surface area contributed by atoms with Crippen LogP contribution >= 0.6 is 23.1 Å². The van der Waals surface area contributed by atoms with Crippen LogP contribution in [0.4, 0.5) is 0 Å². The molecular weight excluding hydrogens is 266 g/mol. The van der Waals surface area contributed by atoms with Crippen molar-refractivity contribution in [3.8, 4) is 0 Å². The van der Waals surface area contributed by atoms with Gasteiger partial charge in [0.1, 0.15) is 5.84 Å². The molecule has 1 aromatic heterocycles. The van der Waals surface area contributed by atoms with E-state index in [2.05, 4.69) is 23.1 Å². The molecule has 96 valence electrons. The van der Waals surface area contributed by atoms with Crippen LogP contribution in [0.25, 0.3) is 10.2 Å². The van der Waals surface area contributed by atoms with Crippen molar-refractivity contribution < 1.29 is 5.21 Å². The highest BCUT2D eigenvalue weighted by molar-refractivity contribution is 8.01. The number of para-hydroxylation sites is 1. The largest absolute Gasteiger partial charge is 0.409 e. The number of amidine groups is 1. The number of thiazole rings is 1. The van der Waals surface area contributed by atoms with Gasteiger partial charge in [-0.25, -0.2) is 4.98 Å². The van der Waals surface area contributed by atoms with E-state index >= 15 is 0 Å². The van der Waals surface area contributed by atoms with Gasteiger partial charge in [-0.1, -0.05) is 36.0 Å². The second kappa shape index (κ2) is 6.06. The Bertz CT molecular complexity index is 520. The van der Waals surface area contributed by atoms with Crippen molar-refractivity contribution in [2.45, 2.75) is 29.4 Å². The molecule has 0 saturated heterocycles. The lowest BCUT2D eigenvalue weighted by Crippen LogP contribution is -2.18. The molecule has 0 fully saturated rings. The van der Waals surface area contributed by atoms with Gasteiger partial charge in [0.25, 0.3) is 0 Å². The Morgan fingerprint density at radius 2 is 2.33 bits per heavy atom. The van der Waals surface area contributed by atoms with Gasteiger partial charge < -0.3 is 10.9 Å². The maximum Gasteiger partial charge on any atom is 0.151 e. The van der Waals surface area contributed by atoms with E-state index in [0.29, 0.717) is 11.7 Å². The summed E-state index contributed by atoms with van der Waals surface area (Å²) in [4.78, 5) is 4.57. The summed E-state index contributed by atoms with van der Waals surface area (Å²) in [6, 6.07) is 8.09. The van der Waals surface area contributed by atoms with Crippen LogP contribution in [0.2, 0.25) is 0 Å². The Hall–Kier alpha value is -1.27. The molecule has 1 atom stereocenters. The number of thioether (sulfide) groups is 1. The van der Waals surface area contributed by atoms with Crippen LogP contribution in [0, 0.1) is 0 Å². The van der Waals surface area contributed by atoms with E-state index in [1.54, 1.807) is 23.1 Å². The van der Waals surface area contributed by atoms with Crippen molar-refractivity contribution in [1.29, 1.82) is 0 Å². The van der Waals surface area contributed by atoms with Crippen molar-refractivity contribution in [3.05, 3.63) is 24.3 Å². The molecule has 4 nitrogen and oxygen atoms in total. The summed E-state index contributed by atoms with van der Waals surface area (Å²) in [7, 11) is 0. The third-order valence-electron chi connectivity index (χ3n) is 2.56. The zero-order valence-electron chi connectivity index (χ0n) is 10.0. The van der Waals surface area contributed by atoms with E-state index in [1.807, 2.05) is 18.2 Å². The summed E-state index contributed by atoms with van der Waals surface area (Å²) < 4.78 is 2.23. The molecule has 3 N–H and O–H groups in total. The van der Waals surface area contributed by atoms with E-state index in [0.717, 1.165) is 16.3 Å². The molecule has 2 aromatic rings. The maximum atomic E-state index is 8.60. The van der Waals surface area contributed by atoms with Crippen LogP contribution in [0.1, 0.15) is 19.8 Å². The highest BCUT2D eigenvalue weighted by Crippen LogP contribution is 2.33. The summed E-state index contributed by atoms with van der Waals surface area (Å²) in [5.74, 6) is 0.274. The predicted octanol–water partition coefficient (Wildman–Crippen LogP) is 3.30. The SMILES string of the molecule is CCC(C/C(N)=N/O)Sc1nc2ccccc2s1. The number of benzene rings is 1. The van der Waals surface area contributed by atoms with Gasteiger partial charge in [-0.3, -0.25) is 0 Å². The number of rotatable bonds is 5. The van der Waals surface area contributed by atoms with Crippen LogP contribution in [0.15, 0.2) is 33.8 Å². The third-order valence-corrected chi connectivity index (χ3v) is 5.06. The standard InChI is InChI=1S/C12H15N3OS2/c1-2-8(7-11(13)15-16)17-12-14-9-5-3-4-6-10(9)18-12/h3-6,8,16H,2,7H2,1H3,(H2,13,15). The molecular formula is C12H15N3OS2. The van der Waals surface area contributed by atoms with E-state index < -0.39 is 0 Å². The van der Waals surface area contributed by atoms with Gasteiger partial charge in [0.15, 0.2) is 4.34 Å². The quantitative estimate of drug-likeness (QED) is 0.290. The molecule has 0 radical (unpaired) electrons. The molecule has 0 aliphatic heterocycles. The lowest BCUT2D eigenvalue weighted by atomic mass is 10.2. The zero-order valence-corrected chi connectivity index (χ0v) is 11.7. The molecule has 0 aliphatic carbocycles. The number of nitrogens with zero attached hydrogens (tertiary/aromatic N) is 2. The number of aromatic nitrogens is 1. The minimum atomic E-state index is 0.274. The summed E-state index contributed by atoms with van der Waals surface area (Å²) >= 11 is 3.38. The van der Waals surface area contributed by atoms with E-state index in [4.69, 9.17) is 10.9 Å². The molecule has 0 amide bonds. The fraction of sp³-hybridized carbons (Fsp3) is 0.333. The van der Waals surface area contributed by atoms with Gasteiger partial charge in [0.05, 0.1) is 10.2 Å². The van der Waals surface area contributed by atoms with Gasteiger partial charge in [-0.15, -0.1) is 11.3 Å². The highest BCUT2D eigenvalue weighted by Gasteiger charge is 2.13. The lowest BCUT2D eigenvalue weighted by Gasteiger charge is -2.10. The number of oxime groups is 1. The van der Waals surface area contributed by atoms with E-state index in [1.165, 1.54) is 4.70 Å². The van der Waals surface area contributed by atoms with Crippen molar-refractivity contribution >= 4 is 39.2 Å². The van der Waals surface area contributed by atoms with Crippen LogP contribution in [-0.4, -0.2) is 21.3 Å². The fourth-order valence-electron chi connectivity index (χ4n) is 1.59. The Balaban J connectivity index is 2.11. The minimum Gasteiger partial charge on any atom is -0.409 e. The molecule has 2 rings (SSSR count). The summed E-state index contributed by atoms with van der Waals surface area (Å²) in [5, 5.41) is 11.9. The first kappa shape index (κ1) is 13.2. The van der Waals surface area contributed by atoms with Crippen molar-refractivity contribution in [2.24, 2.45) is 10.9 Å². The molecule has 1 aromatic carbocycles. The maximum absolute atomic E-state index is 8.60. The van der Waals surface area contributed by atoms with Crippen LogP contribution in [0.3, 0.4) is 0 Å². The summed E-state index contributed by atoms with van der Waals surface area (Å²) in [5.41, 5.74) is 6.58. The van der Waals surface area contributed by atoms with E-state index in [9.17, 15) is 0 Å². The number of nitrogens with two attached hydrogens (primary N) is 1. The third kappa shape index (κ3) is 3.14. The Kier molecular flexibility index (Phi) is 4.43. The monoisotopic (exact) mass is 281 g/mol. The van der Waals surface area contributed by atoms with Gasteiger partial charge in [-0.05, 0) is 18.6 Å². The molecule has 6 heteroatoms. The van der Waals surface area contributed by atoms with Gasteiger partial charge >= 0.3 is 0 Å². The summed E-state index contributed by atoms with van der Waals surface area (Å²) in [6.45, 7) is 2.09. The molecule has 0 bridgehead atoms. The van der Waals surface area contributed by atoms with Crippen molar-refractivity contribution in [2.75, 3.05) is 0 Å². The first-order valence-electron chi connectivity index (χ1n) is 5.71. The fourth-order valence-corrected chi connectivity index (χ4v) is 4.01. The lowest BCUT2D eigenvalue weighted by molar-refractivity contribution is 0.316. The predicted molar refractivity (Wildman–Crippen MR) is 77.6 cm³/mol. The average molecular weight is 281 g/mol. The zero-order chi connectivity index (χ0) is 13.0. The van der Waals surface area contributed by atoms with Crippen molar-refractivity contribution in [1.82, 2.24) is 4.98 Å². The second-order valence-electron chi connectivity index (χ2n) is 3.89. The smallest absolute Gasteiger partial charge is 0.151 e. The van der Waals surface area contributed by atoms with Crippen molar-refractivity contribution in [3.63, 3.8) is 0 Å². The number of fused-ring (bicyclic) bond motifs is 1. The molecule has 0 aliphatic rings. The van der Waals surface area contributed by atoms with Gasteiger partial charge in [-0.2, -0.15) is 0 Å². The first-order chi connectivity index (χ1) is 8.72.